The van der Waals surface area contributed by atoms with Crippen molar-refractivity contribution in [2.24, 2.45) is 0 Å². The standard InChI is InChI=1S/C33H29F2N3O3.ClH/c34-29-7-4-8-30(35)28(29)22-41-27-12-11-24-19-26(10-9-25(24)20-27)33-36-31(23-5-2-1-3-6-23)21-32(37-33)40-18-15-38-13-16-39-17-14-38;/h1-12,19-21H,13-18,22H2;1H. The van der Waals surface area contributed by atoms with Gasteiger partial charge in [-0.2, -0.15) is 4.98 Å². The van der Waals surface area contributed by atoms with Gasteiger partial charge in [-0.25, -0.2) is 13.8 Å². The van der Waals surface area contributed by atoms with E-state index in [1.165, 1.54) is 18.2 Å². The van der Waals surface area contributed by atoms with Crippen LogP contribution in [0.15, 0.2) is 91.0 Å². The first kappa shape index (κ1) is 29.4. The van der Waals surface area contributed by atoms with E-state index < -0.39 is 11.6 Å². The zero-order valence-electron chi connectivity index (χ0n) is 22.8. The van der Waals surface area contributed by atoms with Crippen molar-refractivity contribution in [2.75, 3.05) is 39.5 Å². The Morgan fingerprint density at radius 3 is 2.26 bits per heavy atom. The lowest BCUT2D eigenvalue weighted by molar-refractivity contribution is 0.0320. The lowest BCUT2D eigenvalue weighted by Gasteiger charge is -2.26. The van der Waals surface area contributed by atoms with Crippen LogP contribution in [0, 0.1) is 11.6 Å². The molecular weight excluding hydrogens is 560 g/mol. The Bertz CT molecular complexity index is 1630. The second kappa shape index (κ2) is 13.7. The van der Waals surface area contributed by atoms with Crippen LogP contribution < -0.4 is 9.47 Å². The molecule has 0 N–H and O–H groups in total. The molecule has 1 aliphatic heterocycles. The molecule has 1 aromatic heterocycles. The van der Waals surface area contributed by atoms with Gasteiger partial charge in [-0.3, -0.25) is 4.90 Å². The number of hydrogen-bond acceptors (Lipinski definition) is 6. The zero-order valence-corrected chi connectivity index (χ0v) is 23.7. The summed E-state index contributed by atoms with van der Waals surface area (Å²) in [5.41, 5.74) is 2.50. The molecule has 0 amide bonds. The summed E-state index contributed by atoms with van der Waals surface area (Å²) < 4.78 is 45.2. The van der Waals surface area contributed by atoms with Crippen molar-refractivity contribution in [3.63, 3.8) is 0 Å². The molecule has 2 heterocycles. The normalized spacial score (nSPS) is 13.5. The quantitative estimate of drug-likeness (QED) is 0.185. The summed E-state index contributed by atoms with van der Waals surface area (Å²) in [6, 6.07) is 27.1. The average Bonchev–Trinajstić information content (AvgIpc) is 3.01. The minimum absolute atomic E-state index is 0. The first-order chi connectivity index (χ1) is 20.1. The van der Waals surface area contributed by atoms with Gasteiger partial charge in [-0.1, -0.05) is 54.6 Å². The van der Waals surface area contributed by atoms with Crippen LogP contribution in [-0.4, -0.2) is 54.3 Å². The zero-order chi connectivity index (χ0) is 28.0. The summed E-state index contributed by atoms with van der Waals surface area (Å²) in [4.78, 5) is 11.9. The molecule has 0 unspecified atom stereocenters. The molecule has 1 aliphatic rings. The van der Waals surface area contributed by atoms with Crippen molar-refractivity contribution in [1.29, 1.82) is 0 Å². The average molecular weight is 590 g/mol. The number of nitrogens with zero attached hydrogens (tertiary/aromatic N) is 3. The molecule has 5 aromatic rings. The van der Waals surface area contributed by atoms with Crippen LogP contribution in [0.5, 0.6) is 11.6 Å². The minimum atomic E-state index is -0.627. The van der Waals surface area contributed by atoms with Crippen LogP contribution in [0.3, 0.4) is 0 Å². The Kier molecular flexibility index (Phi) is 9.59. The van der Waals surface area contributed by atoms with E-state index in [1.54, 1.807) is 6.07 Å². The number of aromatic nitrogens is 2. The van der Waals surface area contributed by atoms with Crippen LogP contribution in [-0.2, 0) is 11.3 Å². The summed E-state index contributed by atoms with van der Waals surface area (Å²) in [6.45, 7) is 4.41. The van der Waals surface area contributed by atoms with Crippen LogP contribution in [0.2, 0.25) is 0 Å². The van der Waals surface area contributed by atoms with Gasteiger partial charge in [0.2, 0.25) is 5.88 Å². The highest BCUT2D eigenvalue weighted by atomic mass is 35.5. The summed E-state index contributed by atoms with van der Waals surface area (Å²) in [7, 11) is 0. The lowest BCUT2D eigenvalue weighted by atomic mass is 10.1. The van der Waals surface area contributed by atoms with Crippen molar-refractivity contribution in [1.82, 2.24) is 14.9 Å². The van der Waals surface area contributed by atoms with E-state index >= 15 is 0 Å². The Morgan fingerprint density at radius 1 is 0.738 bits per heavy atom. The van der Waals surface area contributed by atoms with Crippen molar-refractivity contribution in [3.05, 3.63) is 108 Å². The Morgan fingerprint density at radius 2 is 1.48 bits per heavy atom. The first-order valence-corrected chi connectivity index (χ1v) is 13.6. The number of morpholine rings is 1. The molecule has 1 saturated heterocycles. The topological polar surface area (TPSA) is 56.7 Å². The van der Waals surface area contributed by atoms with Gasteiger partial charge in [0, 0.05) is 36.8 Å². The fraction of sp³-hybridized carbons (Fsp3) is 0.212. The predicted molar refractivity (Wildman–Crippen MR) is 161 cm³/mol. The van der Waals surface area contributed by atoms with Crippen molar-refractivity contribution < 1.29 is 23.0 Å². The summed E-state index contributed by atoms with van der Waals surface area (Å²) in [5.74, 6) is 0.345. The maximum Gasteiger partial charge on any atom is 0.217 e. The highest BCUT2D eigenvalue weighted by Gasteiger charge is 2.14. The van der Waals surface area contributed by atoms with Gasteiger partial charge in [0.05, 0.1) is 24.5 Å². The molecule has 216 valence electrons. The second-order valence-corrected chi connectivity index (χ2v) is 9.80. The monoisotopic (exact) mass is 589 g/mol. The molecule has 6 rings (SSSR count). The van der Waals surface area contributed by atoms with Gasteiger partial charge >= 0.3 is 0 Å². The van der Waals surface area contributed by atoms with E-state index in [4.69, 9.17) is 24.2 Å². The van der Waals surface area contributed by atoms with Gasteiger partial charge in [-0.05, 0) is 41.1 Å². The summed E-state index contributed by atoms with van der Waals surface area (Å²) >= 11 is 0. The maximum absolute atomic E-state index is 14.0. The summed E-state index contributed by atoms with van der Waals surface area (Å²) in [5, 5.41) is 1.87. The molecule has 0 bridgehead atoms. The number of benzene rings is 4. The van der Waals surface area contributed by atoms with Gasteiger partial charge in [0.15, 0.2) is 5.82 Å². The van der Waals surface area contributed by atoms with E-state index in [0.717, 1.165) is 60.4 Å². The molecule has 0 spiro atoms. The van der Waals surface area contributed by atoms with Gasteiger partial charge in [0.1, 0.15) is 30.6 Å². The van der Waals surface area contributed by atoms with Crippen LogP contribution in [0.25, 0.3) is 33.4 Å². The lowest BCUT2D eigenvalue weighted by Crippen LogP contribution is -2.38. The minimum Gasteiger partial charge on any atom is -0.489 e. The molecule has 6 nitrogen and oxygen atoms in total. The van der Waals surface area contributed by atoms with Crippen molar-refractivity contribution in [3.8, 4) is 34.3 Å². The molecule has 4 aromatic carbocycles. The van der Waals surface area contributed by atoms with E-state index in [1.807, 2.05) is 66.7 Å². The fourth-order valence-electron chi connectivity index (χ4n) is 4.77. The second-order valence-electron chi connectivity index (χ2n) is 9.80. The molecule has 42 heavy (non-hydrogen) atoms. The molecule has 9 heteroatoms. The molecule has 1 fully saturated rings. The smallest absolute Gasteiger partial charge is 0.217 e. The van der Waals surface area contributed by atoms with Gasteiger partial charge in [0.25, 0.3) is 0 Å². The van der Waals surface area contributed by atoms with E-state index in [-0.39, 0.29) is 24.6 Å². The molecule has 0 saturated carbocycles. The van der Waals surface area contributed by atoms with Crippen molar-refractivity contribution >= 4 is 23.2 Å². The van der Waals surface area contributed by atoms with Crippen LogP contribution in [0.4, 0.5) is 8.78 Å². The number of hydrogen-bond donors (Lipinski definition) is 0. The van der Waals surface area contributed by atoms with Crippen LogP contribution in [0.1, 0.15) is 5.56 Å². The third kappa shape index (κ3) is 7.02. The highest BCUT2D eigenvalue weighted by molar-refractivity contribution is 5.87. The SMILES string of the molecule is Cl.Fc1cccc(F)c1COc1ccc2cc(-c3nc(OCCN4CCOCC4)cc(-c4ccccc4)n3)ccc2c1. The van der Waals surface area contributed by atoms with Gasteiger partial charge in [-0.15, -0.1) is 12.4 Å². The maximum atomic E-state index is 14.0. The highest BCUT2D eigenvalue weighted by Crippen LogP contribution is 2.29. The van der Waals surface area contributed by atoms with E-state index in [2.05, 4.69) is 4.90 Å². The fourth-order valence-corrected chi connectivity index (χ4v) is 4.77. The number of halogens is 3. The van der Waals surface area contributed by atoms with E-state index in [9.17, 15) is 8.78 Å². The number of rotatable bonds is 9. The van der Waals surface area contributed by atoms with Gasteiger partial charge < -0.3 is 14.2 Å². The first-order valence-electron chi connectivity index (χ1n) is 13.6. The third-order valence-electron chi connectivity index (χ3n) is 7.05. The molecule has 0 aliphatic carbocycles. The predicted octanol–water partition coefficient (Wildman–Crippen LogP) is 6.95. The Labute approximate surface area is 249 Å². The largest absolute Gasteiger partial charge is 0.489 e. The number of fused-ring (bicyclic) bond motifs is 1. The van der Waals surface area contributed by atoms with Crippen molar-refractivity contribution in [2.45, 2.75) is 6.61 Å². The molecular formula is C33H30ClF2N3O3. The Balaban J connectivity index is 0.00000353. The summed E-state index contributed by atoms with van der Waals surface area (Å²) in [6.07, 6.45) is 0. The molecule has 0 radical (unpaired) electrons. The number of ether oxygens (including phenoxy) is 3. The molecule has 0 atom stereocenters. The van der Waals surface area contributed by atoms with Crippen LogP contribution >= 0.6 is 12.4 Å². The Hall–Kier alpha value is -4.11. The van der Waals surface area contributed by atoms with E-state index in [0.29, 0.717) is 24.1 Å². The third-order valence-corrected chi connectivity index (χ3v) is 7.05.